The second-order valence-corrected chi connectivity index (χ2v) is 5.23. The Labute approximate surface area is 142 Å². The fraction of sp³-hybridized carbons (Fsp3) is 0.333. The Kier molecular flexibility index (Phi) is 5.38. The van der Waals surface area contributed by atoms with Gasteiger partial charge >= 0.3 is 12.4 Å². The van der Waals surface area contributed by atoms with Crippen molar-refractivity contribution in [3.8, 4) is 0 Å². The van der Waals surface area contributed by atoms with Crippen LogP contribution in [0.25, 0.3) is 0 Å². The van der Waals surface area contributed by atoms with Crippen molar-refractivity contribution in [2.45, 2.75) is 25.8 Å². The van der Waals surface area contributed by atoms with Gasteiger partial charge in [-0.05, 0) is 30.7 Å². The Hall–Kier alpha value is -2.46. The lowest BCUT2D eigenvalue weighted by Crippen LogP contribution is -2.25. The maximum absolute atomic E-state index is 13.8. The average Bonchev–Trinajstić information content (AvgIpc) is 2.53. The van der Waals surface area contributed by atoms with Gasteiger partial charge in [-0.2, -0.15) is 35.1 Å². The van der Waals surface area contributed by atoms with Crippen LogP contribution in [0.5, 0.6) is 0 Å². The van der Waals surface area contributed by atoms with E-state index in [1.165, 1.54) is 6.92 Å². The van der Waals surface area contributed by atoms with E-state index in [0.717, 1.165) is 4.90 Å². The SMILES string of the molecule is CCN(Cc1cc(C(F)(F)F)cc(C(F)(F)F)c1)c1ncnc(F)c1F. The van der Waals surface area contributed by atoms with Crippen molar-refractivity contribution < 1.29 is 35.1 Å². The lowest BCUT2D eigenvalue weighted by atomic mass is 10.0. The molecule has 0 spiro atoms. The maximum Gasteiger partial charge on any atom is 0.416 e. The standard InChI is InChI=1S/C15H11F8N3/c1-2-26(13-11(16)12(17)24-7-25-13)6-8-3-9(14(18,19)20)5-10(4-8)15(21,22)23/h3-5,7H,2,6H2,1H3. The molecule has 11 heteroatoms. The van der Waals surface area contributed by atoms with Crippen LogP contribution in [0.2, 0.25) is 0 Å². The molecular formula is C15H11F8N3. The van der Waals surface area contributed by atoms with E-state index in [9.17, 15) is 35.1 Å². The van der Waals surface area contributed by atoms with Crippen LogP contribution in [0, 0.1) is 11.8 Å². The number of hydrogen-bond donors (Lipinski definition) is 0. The number of aromatic nitrogens is 2. The second-order valence-electron chi connectivity index (χ2n) is 5.23. The van der Waals surface area contributed by atoms with Crippen LogP contribution < -0.4 is 4.90 Å². The zero-order chi connectivity index (χ0) is 19.7. The molecule has 0 aliphatic carbocycles. The topological polar surface area (TPSA) is 29.0 Å². The molecule has 0 aliphatic heterocycles. The van der Waals surface area contributed by atoms with Gasteiger partial charge in [0.1, 0.15) is 6.33 Å². The van der Waals surface area contributed by atoms with Crippen LogP contribution in [0.1, 0.15) is 23.6 Å². The number of anilines is 1. The molecule has 0 unspecified atom stereocenters. The van der Waals surface area contributed by atoms with Crippen LogP contribution in [0.15, 0.2) is 24.5 Å². The molecule has 3 nitrogen and oxygen atoms in total. The first kappa shape index (κ1) is 19.9. The Morgan fingerprint density at radius 2 is 1.42 bits per heavy atom. The number of alkyl halides is 6. The van der Waals surface area contributed by atoms with Crippen molar-refractivity contribution in [3.63, 3.8) is 0 Å². The van der Waals surface area contributed by atoms with E-state index >= 15 is 0 Å². The Balaban J connectivity index is 2.48. The fourth-order valence-corrected chi connectivity index (χ4v) is 2.23. The van der Waals surface area contributed by atoms with Crippen LogP contribution in [0.3, 0.4) is 0 Å². The second kappa shape index (κ2) is 7.04. The van der Waals surface area contributed by atoms with Crippen molar-refractivity contribution in [1.82, 2.24) is 9.97 Å². The number of halogens is 8. The molecule has 2 aromatic rings. The molecular weight excluding hydrogens is 374 g/mol. The van der Waals surface area contributed by atoms with Crippen LogP contribution >= 0.6 is 0 Å². The lowest BCUT2D eigenvalue weighted by molar-refractivity contribution is -0.143. The summed E-state index contributed by atoms with van der Waals surface area (Å²) in [5.41, 5.74) is -3.37. The van der Waals surface area contributed by atoms with Crippen molar-refractivity contribution in [3.05, 3.63) is 53.0 Å². The average molecular weight is 385 g/mol. The normalized spacial score (nSPS) is 12.3. The Bertz CT molecular complexity index is 753. The third-order valence-electron chi connectivity index (χ3n) is 3.43. The van der Waals surface area contributed by atoms with Gasteiger partial charge in [0.15, 0.2) is 5.82 Å². The van der Waals surface area contributed by atoms with Gasteiger partial charge in [0.05, 0.1) is 11.1 Å². The summed E-state index contributed by atoms with van der Waals surface area (Å²) >= 11 is 0. The monoisotopic (exact) mass is 385 g/mol. The van der Waals surface area contributed by atoms with Crippen LogP contribution in [-0.4, -0.2) is 16.5 Å². The zero-order valence-corrected chi connectivity index (χ0v) is 13.1. The predicted octanol–water partition coefficient (Wildman–Crippen LogP) is 4.82. The summed E-state index contributed by atoms with van der Waals surface area (Å²) in [6.07, 6.45) is -9.30. The first-order chi connectivity index (χ1) is 11.9. The largest absolute Gasteiger partial charge is 0.416 e. The first-order valence-electron chi connectivity index (χ1n) is 7.12. The van der Waals surface area contributed by atoms with Gasteiger partial charge < -0.3 is 4.90 Å². The Morgan fingerprint density at radius 3 is 1.88 bits per heavy atom. The van der Waals surface area contributed by atoms with Gasteiger partial charge in [0.25, 0.3) is 5.95 Å². The van der Waals surface area contributed by atoms with Gasteiger partial charge in [0.2, 0.25) is 5.82 Å². The predicted molar refractivity (Wildman–Crippen MR) is 75.1 cm³/mol. The van der Waals surface area contributed by atoms with Crippen molar-refractivity contribution in [2.75, 3.05) is 11.4 Å². The first-order valence-corrected chi connectivity index (χ1v) is 7.12. The summed E-state index contributed by atoms with van der Waals surface area (Å²) in [5, 5.41) is 0. The molecule has 2 rings (SSSR count). The molecule has 1 aromatic heterocycles. The summed E-state index contributed by atoms with van der Waals surface area (Å²) in [4.78, 5) is 7.48. The minimum Gasteiger partial charge on any atom is -0.350 e. The summed E-state index contributed by atoms with van der Waals surface area (Å²) < 4.78 is 104. The molecule has 0 N–H and O–H groups in total. The number of rotatable bonds is 4. The van der Waals surface area contributed by atoms with Gasteiger partial charge in [-0.15, -0.1) is 0 Å². The van der Waals surface area contributed by atoms with Gasteiger partial charge in [-0.3, -0.25) is 0 Å². The van der Waals surface area contributed by atoms with Gasteiger partial charge in [-0.1, -0.05) is 0 Å². The number of nitrogens with zero attached hydrogens (tertiary/aromatic N) is 3. The number of benzene rings is 1. The molecule has 0 fully saturated rings. The fourth-order valence-electron chi connectivity index (χ4n) is 2.23. The molecule has 0 saturated carbocycles. The highest BCUT2D eigenvalue weighted by molar-refractivity contribution is 5.42. The van der Waals surface area contributed by atoms with Gasteiger partial charge in [-0.25, -0.2) is 9.97 Å². The maximum atomic E-state index is 13.8. The quantitative estimate of drug-likeness (QED) is 0.558. The smallest absolute Gasteiger partial charge is 0.350 e. The highest BCUT2D eigenvalue weighted by atomic mass is 19.4. The molecule has 1 heterocycles. The van der Waals surface area contributed by atoms with Crippen molar-refractivity contribution in [2.24, 2.45) is 0 Å². The molecule has 0 saturated heterocycles. The molecule has 0 bridgehead atoms. The third kappa shape index (κ3) is 4.38. The van der Waals surface area contributed by atoms with E-state index in [1.807, 2.05) is 0 Å². The summed E-state index contributed by atoms with van der Waals surface area (Å²) in [6.45, 7) is 0.861. The van der Waals surface area contributed by atoms with Crippen molar-refractivity contribution in [1.29, 1.82) is 0 Å². The molecule has 0 atom stereocenters. The molecule has 142 valence electrons. The Morgan fingerprint density at radius 1 is 0.885 bits per heavy atom. The molecule has 0 amide bonds. The minimum atomic E-state index is -5.00. The minimum absolute atomic E-state index is 0.00920. The van der Waals surface area contributed by atoms with E-state index in [1.54, 1.807) is 0 Å². The molecule has 1 aromatic carbocycles. The number of hydrogen-bond acceptors (Lipinski definition) is 3. The molecule has 26 heavy (non-hydrogen) atoms. The van der Waals surface area contributed by atoms with E-state index in [-0.39, 0.29) is 18.2 Å². The lowest BCUT2D eigenvalue weighted by Gasteiger charge is -2.23. The zero-order valence-electron chi connectivity index (χ0n) is 13.1. The highest BCUT2D eigenvalue weighted by Gasteiger charge is 2.37. The van der Waals surface area contributed by atoms with E-state index in [0.29, 0.717) is 18.5 Å². The van der Waals surface area contributed by atoms with Crippen LogP contribution in [-0.2, 0) is 18.9 Å². The summed E-state index contributed by atoms with van der Waals surface area (Å²) in [7, 11) is 0. The van der Waals surface area contributed by atoms with E-state index < -0.39 is 47.6 Å². The van der Waals surface area contributed by atoms with E-state index in [4.69, 9.17) is 0 Å². The van der Waals surface area contributed by atoms with E-state index in [2.05, 4.69) is 9.97 Å². The van der Waals surface area contributed by atoms with Gasteiger partial charge in [0, 0.05) is 13.1 Å². The van der Waals surface area contributed by atoms with Crippen molar-refractivity contribution >= 4 is 5.82 Å². The van der Waals surface area contributed by atoms with Crippen LogP contribution in [0.4, 0.5) is 40.9 Å². The summed E-state index contributed by atoms with van der Waals surface area (Å²) in [6, 6.07) is 1.03. The third-order valence-corrected chi connectivity index (χ3v) is 3.43. The summed E-state index contributed by atoms with van der Waals surface area (Å²) in [5.74, 6) is -3.49. The highest BCUT2D eigenvalue weighted by Crippen LogP contribution is 2.36. The molecule has 0 aliphatic rings. The molecule has 0 radical (unpaired) electrons.